The second-order valence-corrected chi connectivity index (χ2v) is 6.07. The van der Waals surface area contributed by atoms with Crippen molar-refractivity contribution in [2.75, 3.05) is 44.7 Å². The lowest BCUT2D eigenvalue weighted by Gasteiger charge is -2.38. The second-order valence-electron chi connectivity index (χ2n) is 6.07. The standard InChI is InChI=1S/C15H24FN3O/c1-15(2,17)11-18-6-8-19(9-7-18)12-4-5-13(16)14(10-12)20-3/h4-5,10H,6-9,11,17H2,1-3H3. The summed E-state index contributed by atoms with van der Waals surface area (Å²) < 4.78 is 18.5. The van der Waals surface area contributed by atoms with Crippen LogP contribution in [-0.2, 0) is 0 Å². The maximum absolute atomic E-state index is 13.4. The molecule has 0 bridgehead atoms. The third-order valence-electron chi connectivity index (χ3n) is 3.50. The van der Waals surface area contributed by atoms with Gasteiger partial charge in [-0.05, 0) is 26.0 Å². The number of halogens is 1. The summed E-state index contributed by atoms with van der Waals surface area (Å²) in [4.78, 5) is 4.62. The Hall–Kier alpha value is -1.33. The molecule has 5 heteroatoms. The molecule has 0 saturated carbocycles. The molecule has 0 amide bonds. The van der Waals surface area contributed by atoms with Gasteiger partial charge in [-0.2, -0.15) is 0 Å². The van der Waals surface area contributed by atoms with Gasteiger partial charge in [0.15, 0.2) is 11.6 Å². The van der Waals surface area contributed by atoms with Crippen LogP contribution >= 0.6 is 0 Å². The number of methoxy groups -OCH3 is 1. The molecule has 1 heterocycles. The number of nitrogens with zero attached hydrogens (tertiary/aromatic N) is 2. The van der Waals surface area contributed by atoms with Crippen LogP contribution in [-0.4, -0.2) is 50.3 Å². The van der Waals surface area contributed by atoms with Crippen molar-refractivity contribution in [1.82, 2.24) is 4.90 Å². The molecule has 1 saturated heterocycles. The molecule has 4 nitrogen and oxygen atoms in total. The Morgan fingerprint density at radius 1 is 1.25 bits per heavy atom. The number of benzene rings is 1. The third kappa shape index (κ3) is 3.84. The van der Waals surface area contributed by atoms with E-state index in [1.54, 1.807) is 12.1 Å². The largest absolute Gasteiger partial charge is 0.494 e. The molecular weight excluding hydrogens is 257 g/mol. The Labute approximate surface area is 120 Å². The highest BCUT2D eigenvalue weighted by Crippen LogP contribution is 2.25. The van der Waals surface area contributed by atoms with E-state index in [1.807, 2.05) is 13.8 Å². The highest BCUT2D eigenvalue weighted by molar-refractivity contribution is 5.51. The molecule has 1 fully saturated rings. The molecule has 0 unspecified atom stereocenters. The first-order valence-corrected chi connectivity index (χ1v) is 6.99. The summed E-state index contributed by atoms with van der Waals surface area (Å²) in [5, 5.41) is 0. The van der Waals surface area contributed by atoms with E-state index in [4.69, 9.17) is 10.5 Å². The van der Waals surface area contributed by atoms with E-state index in [1.165, 1.54) is 13.2 Å². The van der Waals surface area contributed by atoms with E-state index in [9.17, 15) is 4.39 Å². The molecule has 1 aliphatic heterocycles. The summed E-state index contributed by atoms with van der Waals surface area (Å²) in [6, 6.07) is 5.03. The summed E-state index contributed by atoms with van der Waals surface area (Å²) in [6.45, 7) is 8.78. The van der Waals surface area contributed by atoms with Crippen LogP contribution in [0.15, 0.2) is 18.2 Å². The minimum Gasteiger partial charge on any atom is -0.494 e. The van der Waals surface area contributed by atoms with Crippen LogP contribution in [0.2, 0.25) is 0 Å². The van der Waals surface area contributed by atoms with Crippen LogP contribution < -0.4 is 15.4 Å². The van der Waals surface area contributed by atoms with E-state index >= 15 is 0 Å². The van der Waals surface area contributed by atoms with Crippen molar-refractivity contribution in [1.29, 1.82) is 0 Å². The Bertz CT molecular complexity index is 451. The molecule has 0 aromatic heterocycles. The zero-order valence-electron chi connectivity index (χ0n) is 12.5. The zero-order valence-corrected chi connectivity index (χ0v) is 12.5. The first-order chi connectivity index (χ1) is 9.39. The molecular formula is C15H24FN3O. The molecule has 0 atom stereocenters. The van der Waals surface area contributed by atoms with Crippen molar-refractivity contribution >= 4 is 5.69 Å². The number of ether oxygens (including phenoxy) is 1. The number of rotatable bonds is 4. The Balaban J connectivity index is 1.97. The minimum absolute atomic E-state index is 0.165. The van der Waals surface area contributed by atoms with Gasteiger partial charge in [-0.25, -0.2) is 4.39 Å². The van der Waals surface area contributed by atoms with Crippen molar-refractivity contribution in [3.63, 3.8) is 0 Å². The predicted molar refractivity (Wildman–Crippen MR) is 79.9 cm³/mol. The fourth-order valence-electron chi connectivity index (χ4n) is 2.59. The van der Waals surface area contributed by atoms with Gasteiger partial charge in [0.2, 0.25) is 0 Å². The van der Waals surface area contributed by atoms with Crippen LogP contribution in [0.5, 0.6) is 5.75 Å². The fourth-order valence-corrected chi connectivity index (χ4v) is 2.59. The molecule has 20 heavy (non-hydrogen) atoms. The Morgan fingerprint density at radius 2 is 1.90 bits per heavy atom. The smallest absolute Gasteiger partial charge is 0.165 e. The Morgan fingerprint density at radius 3 is 2.45 bits per heavy atom. The molecule has 2 rings (SSSR count). The predicted octanol–water partition coefficient (Wildman–Crippen LogP) is 1.69. The lowest BCUT2D eigenvalue weighted by molar-refractivity contribution is 0.214. The molecule has 112 valence electrons. The van der Waals surface area contributed by atoms with Crippen molar-refractivity contribution in [3.05, 3.63) is 24.0 Å². The van der Waals surface area contributed by atoms with Gasteiger partial charge in [-0.1, -0.05) is 0 Å². The summed E-state index contributed by atoms with van der Waals surface area (Å²) in [6.07, 6.45) is 0. The van der Waals surface area contributed by atoms with Gasteiger partial charge in [0.1, 0.15) is 0 Å². The maximum Gasteiger partial charge on any atom is 0.165 e. The van der Waals surface area contributed by atoms with Gasteiger partial charge in [-0.3, -0.25) is 4.90 Å². The van der Waals surface area contributed by atoms with E-state index < -0.39 is 0 Å². The molecule has 1 aromatic rings. The first kappa shape index (κ1) is 15.1. The molecule has 0 radical (unpaired) electrons. The van der Waals surface area contributed by atoms with Crippen molar-refractivity contribution < 1.29 is 9.13 Å². The number of hydrogen-bond acceptors (Lipinski definition) is 4. The van der Waals surface area contributed by atoms with Gasteiger partial charge >= 0.3 is 0 Å². The average Bonchev–Trinajstić information content (AvgIpc) is 2.38. The molecule has 2 N–H and O–H groups in total. The van der Waals surface area contributed by atoms with Crippen LogP contribution in [0.3, 0.4) is 0 Å². The zero-order chi connectivity index (χ0) is 14.8. The number of anilines is 1. The van der Waals surface area contributed by atoms with Crippen LogP contribution in [0, 0.1) is 5.82 Å². The SMILES string of the molecule is COc1cc(N2CCN(CC(C)(C)N)CC2)ccc1F. The van der Waals surface area contributed by atoms with E-state index in [2.05, 4.69) is 9.80 Å². The van der Waals surface area contributed by atoms with Gasteiger partial charge in [0.05, 0.1) is 7.11 Å². The van der Waals surface area contributed by atoms with Crippen molar-refractivity contribution in [2.45, 2.75) is 19.4 Å². The molecule has 0 aliphatic carbocycles. The number of nitrogens with two attached hydrogens (primary N) is 1. The van der Waals surface area contributed by atoms with Crippen molar-refractivity contribution in [3.8, 4) is 5.75 Å². The minimum atomic E-state index is -0.320. The molecule has 0 spiro atoms. The van der Waals surface area contributed by atoms with Gasteiger partial charge in [-0.15, -0.1) is 0 Å². The monoisotopic (exact) mass is 281 g/mol. The summed E-state index contributed by atoms with van der Waals surface area (Å²) >= 11 is 0. The average molecular weight is 281 g/mol. The topological polar surface area (TPSA) is 41.7 Å². The van der Waals surface area contributed by atoms with E-state index in [0.29, 0.717) is 5.75 Å². The summed E-state index contributed by atoms with van der Waals surface area (Å²) in [5.41, 5.74) is 6.90. The van der Waals surface area contributed by atoms with E-state index in [-0.39, 0.29) is 11.4 Å². The second kappa shape index (κ2) is 5.97. The number of piperazine rings is 1. The van der Waals surface area contributed by atoms with Crippen molar-refractivity contribution in [2.24, 2.45) is 5.73 Å². The molecule has 1 aromatic carbocycles. The highest BCUT2D eigenvalue weighted by Gasteiger charge is 2.22. The van der Waals surface area contributed by atoms with Crippen LogP contribution in [0.4, 0.5) is 10.1 Å². The maximum atomic E-state index is 13.4. The summed E-state index contributed by atoms with van der Waals surface area (Å²) in [7, 11) is 1.49. The van der Waals surface area contributed by atoms with Gasteiger partial charge < -0.3 is 15.4 Å². The van der Waals surface area contributed by atoms with Gasteiger partial charge in [0.25, 0.3) is 0 Å². The van der Waals surface area contributed by atoms with Crippen LogP contribution in [0.25, 0.3) is 0 Å². The fraction of sp³-hybridized carbons (Fsp3) is 0.600. The lowest BCUT2D eigenvalue weighted by Crippen LogP contribution is -2.53. The quantitative estimate of drug-likeness (QED) is 0.912. The summed E-state index contributed by atoms with van der Waals surface area (Å²) in [5.74, 6) is -0.0206. The third-order valence-corrected chi connectivity index (χ3v) is 3.50. The normalized spacial score (nSPS) is 17.4. The number of hydrogen-bond donors (Lipinski definition) is 1. The Kier molecular flexibility index (Phi) is 4.50. The lowest BCUT2D eigenvalue weighted by atomic mass is 10.1. The van der Waals surface area contributed by atoms with E-state index in [0.717, 1.165) is 38.4 Å². The molecule has 1 aliphatic rings. The first-order valence-electron chi connectivity index (χ1n) is 6.99. The van der Waals surface area contributed by atoms with Gasteiger partial charge in [0, 0.05) is 50.0 Å². The highest BCUT2D eigenvalue weighted by atomic mass is 19.1. The van der Waals surface area contributed by atoms with Crippen LogP contribution in [0.1, 0.15) is 13.8 Å².